The van der Waals surface area contributed by atoms with E-state index >= 15 is 0 Å². The molecule has 0 spiro atoms. The molecule has 2 aliphatic carbocycles. The Bertz CT molecular complexity index is 267. The van der Waals surface area contributed by atoms with Crippen molar-refractivity contribution in [1.82, 2.24) is 0 Å². The molecule has 0 aromatic heterocycles. The topological polar surface area (TPSA) is 9.23 Å². The highest BCUT2D eigenvalue weighted by Gasteiger charge is 2.30. The fourth-order valence-electron chi connectivity index (χ4n) is 4.20. The van der Waals surface area contributed by atoms with E-state index in [4.69, 9.17) is 4.74 Å². The number of unbranched alkanes of at least 4 members (excludes halogenated alkanes) is 1. The van der Waals surface area contributed by atoms with Gasteiger partial charge >= 0.3 is 0 Å². The molecule has 20 heavy (non-hydrogen) atoms. The van der Waals surface area contributed by atoms with Crippen LogP contribution in [0.3, 0.4) is 0 Å². The Morgan fingerprint density at radius 2 is 1.50 bits per heavy atom. The van der Waals surface area contributed by atoms with Gasteiger partial charge in [0, 0.05) is 6.61 Å². The van der Waals surface area contributed by atoms with Crippen molar-refractivity contribution >= 4 is 0 Å². The fourth-order valence-corrected chi connectivity index (χ4v) is 4.20. The first-order valence-electron chi connectivity index (χ1n) is 9.07. The average molecular weight is 278 g/mol. The van der Waals surface area contributed by atoms with Gasteiger partial charge in [0.25, 0.3) is 0 Å². The standard InChI is InChI=1S/C19H34O/c1-3-5-15-20-19-13-11-18(12-14-19)17-9-7-16(6-4-2)8-10-17/h4,6,16-19H,3,5,7-15H2,1-2H3/t16-,17-,18-,19-. The molecule has 0 aromatic rings. The van der Waals surface area contributed by atoms with Crippen molar-refractivity contribution in [3.05, 3.63) is 12.2 Å². The summed E-state index contributed by atoms with van der Waals surface area (Å²) in [7, 11) is 0. The molecule has 2 aliphatic rings. The first kappa shape index (κ1) is 16.1. The van der Waals surface area contributed by atoms with Crippen LogP contribution in [0.4, 0.5) is 0 Å². The molecular weight excluding hydrogens is 244 g/mol. The Labute approximate surface area is 126 Å². The van der Waals surface area contributed by atoms with Crippen LogP contribution in [0.1, 0.15) is 78.1 Å². The zero-order chi connectivity index (χ0) is 14.2. The van der Waals surface area contributed by atoms with E-state index in [9.17, 15) is 0 Å². The van der Waals surface area contributed by atoms with E-state index in [1.54, 1.807) is 0 Å². The van der Waals surface area contributed by atoms with Crippen LogP contribution < -0.4 is 0 Å². The molecule has 0 bridgehead atoms. The first-order valence-corrected chi connectivity index (χ1v) is 9.07. The maximum Gasteiger partial charge on any atom is 0.0575 e. The van der Waals surface area contributed by atoms with Gasteiger partial charge in [0.15, 0.2) is 0 Å². The van der Waals surface area contributed by atoms with Gasteiger partial charge in [0.05, 0.1) is 6.10 Å². The molecule has 116 valence electrons. The van der Waals surface area contributed by atoms with E-state index in [-0.39, 0.29) is 0 Å². The third-order valence-corrected chi connectivity index (χ3v) is 5.52. The second-order valence-electron chi connectivity index (χ2n) is 6.96. The summed E-state index contributed by atoms with van der Waals surface area (Å²) in [5, 5.41) is 0. The van der Waals surface area contributed by atoms with Crippen LogP contribution in [0.25, 0.3) is 0 Å². The van der Waals surface area contributed by atoms with Crippen molar-refractivity contribution in [2.45, 2.75) is 84.2 Å². The first-order chi connectivity index (χ1) is 9.83. The van der Waals surface area contributed by atoms with Crippen LogP contribution in [-0.2, 0) is 4.74 Å². The Kier molecular flexibility index (Phi) is 7.13. The fraction of sp³-hybridized carbons (Fsp3) is 0.895. The molecular formula is C19H34O. The summed E-state index contributed by atoms with van der Waals surface area (Å²) >= 11 is 0. The van der Waals surface area contributed by atoms with Crippen molar-refractivity contribution in [2.24, 2.45) is 17.8 Å². The Morgan fingerprint density at radius 3 is 2.05 bits per heavy atom. The molecule has 2 saturated carbocycles. The molecule has 0 N–H and O–H groups in total. The highest BCUT2D eigenvalue weighted by Crippen LogP contribution is 2.40. The monoisotopic (exact) mass is 278 g/mol. The van der Waals surface area contributed by atoms with Crippen LogP contribution in [0.15, 0.2) is 12.2 Å². The Morgan fingerprint density at radius 1 is 0.900 bits per heavy atom. The highest BCUT2D eigenvalue weighted by atomic mass is 16.5. The minimum atomic E-state index is 0.581. The molecule has 0 saturated heterocycles. The van der Waals surface area contributed by atoms with Crippen molar-refractivity contribution in [3.8, 4) is 0 Å². The lowest BCUT2D eigenvalue weighted by Gasteiger charge is -2.37. The van der Waals surface area contributed by atoms with Crippen molar-refractivity contribution in [3.63, 3.8) is 0 Å². The molecule has 0 unspecified atom stereocenters. The largest absolute Gasteiger partial charge is 0.378 e. The molecule has 0 atom stereocenters. The summed E-state index contributed by atoms with van der Waals surface area (Å²) in [5.74, 6) is 2.91. The third-order valence-electron chi connectivity index (χ3n) is 5.52. The molecule has 0 amide bonds. The van der Waals surface area contributed by atoms with E-state index in [1.165, 1.54) is 64.2 Å². The van der Waals surface area contributed by atoms with Gasteiger partial charge in [0.1, 0.15) is 0 Å². The molecule has 2 fully saturated rings. The number of ether oxygens (including phenoxy) is 1. The quantitative estimate of drug-likeness (QED) is 0.444. The van der Waals surface area contributed by atoms with Gasteiger partial charge in [0.2, 0.25) is 0 Å². The van der Waals surface area contributed by atoms with E-state index in [0.717, 1.165) is 24.4 Å². The number of hydrogen-bond donors (Lipinski definition) is 0. The summed E-state index contributed by atoms with van der Waals surface area (Å²) < 4.78 is 6.00. The van der Waals surface area contributed by atoms with Crippen molar-refractivity contribution < 1.29 is 4.74 Å². The number of allylic oxidation sites excluding steroid dienone is 2. The lowest BCUT2D eigenvalue weighted by molar-refractivity contribution is 0.00645. The number of hydrogen-bond acceptors (Lipinski definition) is 1. The van der Waals surface area contributed by atoms with Crippen LogP contribution >= 0.6 is 0 Å². The summed E-state index contributed by atoms with van der Waals surface area (Å²) in [6, 6.07) is 0. The molecule has 1 nitrogen and oxygen atoms in total. The molecule has 0 aliphatic heterocycles. The maximum atomic E-state index is 6.00. The van der Waals surface area contributed by atoms with Crippen LogP contribution in [0.5, 0.6) is 0 Å². The highest BCUT2D eigenvalue weighted by molar-refractivity contribution is 4.90. The Hall–Kier alpha value is -0.300. The van der Waals surface area contributed by atoms with Gasteiger partial charge in [-0.3, -0.25) is 0 Å². The molecule has 0 radical (unpaired) electrons. The van der Waals surface area contributed by atoms with Gasteiger partial charge in [-0.05, 0) is 82.5 Å². The average Bonchev–Trinajstić information content (AvgIpc) is 2.49. The molecule has 0 aromatic carbocycles. The third kappa shape index (κ3) is 4.91. The summed E-state index contributed by atoms with van der Waals surface area (Å²) in [4.78, 5) is 0. The summed E-state index contributed by atoms with van der Waals surface area (Å²) in [6.45, 7) is 5.39. The van der Waals surface area contributed by atoms with E-state index < -0.39 is 0 Å². The predicted octanol–water partition coefficient (Wildman–Crippen LogP) is 5.74. The smallest absolute Gasteiger partial charge is 0.0575 e. The minimum Gasteiger partial charge on any atom is -0.378 e. The lowest BCUT2D eigenvalue weighted by Crippen LogP contribution is -2.28. The zero-order valence-electron chi connectivity index (χ0n) is 13.7. The van der Waals surface area contributed by atoms with Crippen LogP contribution in [-0.4, -0.2) is 12.7 Å². The normalized spacial score (nSPS) is 35.5. The van der Waals surface area contributed by atoms with Gasteiger partial charge < -0.3 is 4.74 Å². The molecule has 2 rings (SSSR count). The van der Waals surface area contributed by atoms with Crippen LogP contribution in [0, 0.1) is 17.8 Å². The SMILES string of the molecule is CC=C[C@H]1CC[C@H]([C@H]2CC[C@H](OCCCC)CC2)CC1. The number of rotatable bonds is 6. The molecule has 0 heterocycles. The predicted molar refractivity (Wildman–Crippen MR) is 86.9 cm³/mol. The second-order valence-corrected chi connectivity index (χ2v) is 6.96. The van der Waals surface area contributed by atoms with E-state index in [1.807, 2.05) is 0 Å². The second kappa shape index (κ2) is 8.87. The van der Waals surface area contributed by atoms with Crippen molar-refractivity contribution in [1.29, 1.82) is 0 Å². The van der Waals surface area contributed by atoms with Crippen LogP contribution in [0.2, 0.25) is 0 Å². The van der Waals surface area contributed by atoms with E-state index in [2.05, 4.69) is 26.0 Å². The van der Waals surface area contributed by atoms with Crippen molar-refractivity contribution in [2.75, 3.05) is 6.61 Å². The maximum absolute atomic E-state index is 6.00. The lowest BCUT2D eigenvalue weighted by atomic mass is 9.70. The van der Waals surface area contributed by atoms with Gasteiger partial charge in [-0.1, -0.05) is 25.5 Å². The minimum absolute atomic E-state index is 0.581. The van der Waals surface area contributed by atoms with Gasteiger partial charge in [-0.2, -0.15) is 0 Å². The van der Waals surface area contributed by atoms with E-state index in [0.29, 0.717) is 6.10 Å². The molecule has 1 heteroatoms. The van der Waals surface area contributed by atoms with Gasteiger partial charge in [-0.25, -0.2) is 0 Å². The zero-order valence-corrected chi connectivity index (χ0v) is 13.7. The summed E-state index contributed by atoms with van der Waals surface area (Å²) in [6.07, 6.45) is 19.0. The Balaban J connectivity index is 1.64. The summed E-state index contributed by atoms with van der Waals surface area (Å²) in [5.41, 5.74) is 0. The van der Waals surface area contributed by atoms with Gasteiger partial charge in [-0.15, -0.1) is 0 Å².